The summed E-state index contributed by atoms with van der Waals surface area (Å²) in [5.74, 6) is 0.558. The van der Waals surface area contributed by atoms with Gasteiger partial charge in [-0.25, -0.2) is 8.78 Å². The second-order valence-electron chi connectivity index (χ2n) is 3.82. The average molecular weight is 258 g/mol. The van der Waals surface area contributed by atoms with E-state index in [1.54, 1.807) is 32.2 Å². The van der Waals surface area contributed by atoms with Gasteiger partial charge in [0, 0.05) is 12.0 Å². The van der Waals surface area contributed by atoms with Crippen LogP contribution >= 0.6 is 0 Å². The van der Waals surface area contributed by atoms with Crippen LogP contribution < -0.4 is 4.74 Å². The molecule has 1 aromatic carbocycles. The van der Waals surface area contributed by atoms with Crippen LogP contribution in [0.15, 0.2) is 18.2 Å². The van der Waals surface area contributed by atoms with Crippen LogP contribution in [0.25, 0.3) is 0 Å². The normalized spacial score (nSPS) is 10.7. The Bertz CT molecular complexity index is 405. The van der Waals surface area contributed by atoms with Crippen molar-refractivity contribution in [2.45, 2.75) is 19.8 Å². The molecule has 0 aromatic heterocycles. The molecule has 0 aliphatic heterocycles. The fraction of sp³-hybridized carbons (Fsp3) is 0.462. The molecule has 0 heterocycles. The van der Waals surface area contributed by atoms with Crippen molar-refractivity contribution < 1.29 is 23.0 Å². The Balaban J connectivity index is 2.51. The lowest BCUT2D eigenvalue weighted by molar-refractivity contribution is 0.0169. The van der Waals surface area contributed by atoms with Crippen molar-refractivity contribution in [3.63, 3.8) is 0 Å². The topological polar surface area (TPSA) is 35.5 Å². The van der Waals surface area contributed by atoms with Crippen molar-refractivity contribution in [3.05, 3.63) is 29.3 Å². The van der Waals surface area contributed by atoms with Crippen LogP contribution in [0, 0.1) is 6.92 Å². The van der Waals surface area contributed by atoms with Crippen LogP contribution in [0.4, 0.5) is 8.78 Å². The number of hydrogen-bond acceptors (Lipinski definition) is 3. The van der Waals surface area contributed by atoms with Crippen LogP contribution in [0.3, 0.4) is 0 Å². The highest BCUT2D eigenvalue weighted by Gasteiger charge is 2.10. The Hall–Kier alpha value is -1.49. The summed E-state index contributed by atoms with van der Waals surface area (Å²) in [5.41, 5.74) is 1.37. The molecule has 3 nitrogen and oxygen atoms in total. The number of ether oxygens (including phenoxy) is 2. The van der Waals surface area contributed by atoms with Gasteiger partial charge in [0.25, 0.3) is 6.43 Å². The molecule has 0 bridgehead atoms. The maximum atomic E-state index is 11.8. The molecule has 0 unspecified atom stereocenters. The summed E-state index contributed by atoms with van der Waals surface area (Å²) in [5, 5.41) is 0. The first-order chi connectivity index (χ1) is 8.54. The maximum Gasteiger partial charge on any atom is 0.261 e. The van der Waals surface area contributed by atoms with E-state index in [9.17, 15) is 13.6 Å². The van der Waals surface area contributed by atoms with Gasteiger partial charge >= 0.3 is 0 Å². The highest BCUT2D eigenvalue weighted by atomic mass is 19.3. The quantitative estimate of drug-likeness (QED) is 0.557. The Labute approximate surface area is 105 Å². The van der Waals surface area contributed by atoms with Crippen molar-refractivity contribution in [1.82, 2.24) is 0 Å². The van der Waals surface area contributed by atoms with Gasteiger partial charge in [-0.1, -0.05) is 0 Å². The minimum absolute atomic E-state index is 0.00857. The summed E-state index contributed by atoms with van der Waals surface area (Å²) in [7, 11) is 1.55. The number of rotatable bonds is 7. The van der Waals surface area contributed by atoms with Crippen molar-refractivity contribution in [2.24, 2.45) is 0 Å². The highest BCUT2D eigenvalue weighted by molar-refractivity contribution is 5.97. The SMILES string of the molecule is COc1ccc(C(=O)CCOCC(F)F)c(C)c1. The molecule has 18 heavy (non-hydrogen) atoms. The van der Waals surface area contributed by atoms with Crippen LogP contribution in [0.5, 0.6) is 5.75 Å². The van der Waals surface area contributed by atoms with E-state index < -0.39 is 13.0 Å². The molecule has 1 rings (SSSR count). The van der Waals surface area contributed by atoms with Crippen LogP contribution in [0.1, 0.15) is 22.3 Å². The minimum atomic E-state index is -2.50. The fourth-order valence-corrected chi connectivity index (χ4v) is 1.55. The van der Waals surface area contributed by atoms with E-state index in [2.05, 4.69) is 4.74 Å². The smallest absolute Gasteiger partial charge is 0.261 e. The summed E-state index contributed by atoms with van der Waals surface area (Å²) in [6.07, 6.45) is -2.40. The molecular formula is C13H16F2O3. The Morgan fingerprint density at radius 1 is 1.39 bits per heavy atom. The molecule has 0 amide bonds. The van der Waals surface area contributed by atoms with Crippen LogP contribution in [0.2, 0.25) is 0 Å². The second-order valence-corrected chi connectivity index (χ2v) is 3.82. The highest BCUT2D eigenvalue weighted by Crippen LogP contribution is 2.18. The number of halogens is 2. The lowest BCUT2D eigenvalue weighted by Gasteiger charge is -2.07. The molecule has 0 aliphatic carbocycles. The molecule has 0 atom stereocenters. The predicted molar refractivity (Wildman–Crippen MR) is 63.5 cm³/mol. The molecule has 0 radical (unpaired) electrons. The third-order valence-corrected chi connectivity index (χ3v) is 2.45. The van der Waals surface area contributed by atoms with Crippen LogP contribution in [-0.4, -0.2) is 32.5 Å². The molecule has 0 saturated carbocycles. The number of alkyl halides is 2. The van der Waals surface area contributed by atoms with E-state index in [0.717, 1.165) is 5.56 Å². The largest absolute Gasteiger partial charge is 0.497 e. The van der Waals surface area contributed by atoms with E-state index in [1.807, 2.05) is 0 Å². The number of hydrogen-bond donors (Lipinski definition) is 0. The van der Waals surface area contributed by atoms with Crippen molar-refractivity contribution in [3.8, 4) is 5.75 Å². The number of carbonyl (C=O) groups excluding carboxylic acids is 1. The third kappa shape index (κ3) is 4.41. The molecule has 0 saturated heterocycles. The van der Waals surface area contributed by atoms with E-state index in [0.29, 0.717) is 11.3 Å². The second kappa shape index (κ2) is 7.06. The zero-order chi connectivity index (χ0) is 13.5. The first-order valence-corrected chi connectivity index (χ1v) is 5.58. The zero-order valence-electron chi connectivity index (χ0n) is 10.4. The molecule has 5 heteroatoms. The van der Waals surface area contributed by atoms with Crippen molar-refractivity contribution in [2.75, 3.05) is 20.3 Å². The molecular weight excluding hydrogens is 242 g/mol. The summed E-state index contributed by atoms with van der Waals surface area (Å²) in [6, 6.07) is 5.12. The number of Topliss-reactive ketones (excluding diaryl/α,β-unsaturated/α-hetero) is 1. The fourth-order valence-electron chi connectivity index (χ4n) is 1.55. The Kier molecular flexibility index (Phi) is 5.71. The van der Waals surface area contributed by atoms with Gasteiger partial charge in [-0.15, -0.1) is 0 Å². The van der Waals surface area contributed by atoms with Crippen molar-refractivity contribution in [1.29, 1.82) is 0 Å². The number of methoxy groups -OCH3 is 1. The number of carbonyl (C=O) groups is 1. The van der Waals surface area contributed by atoms with E-state index in [1.165, 1.54) is 0 Å². The van der Waals surface area contributed by atoms with Gasteiger partial charge in [0.1, 0.15) is 12.4 Å². The summed E-state index contributed by atoms with van der Waals surface area (Å²) < 4.78 is 33.3. The van der Waals surface area contributed by atoms with Gasteiger partial charge in [-0.2, -0.15) is 0 Å². The molecule has 1 aromatic rings. The third-order valence-electron chi connectivity index (χ3n) is 2.45. The Morgan fingerprint density at radius 3 is 2.67 bits per heavy atom. The zero-order valence-corrected chi connectivity index (χ0v) is 10.4. The lowest BCUT2D eigenvalue weighted by Crippen LogP contribution is -2.10. The first kappa shape index (κ1) is 14.6. The lowest BCUT2D eigenvalue weighted by atomic mass is 10.0. The predicted octanol–water partition coefficient (Wildman–Crippen LogP) is 2.86. The summed E-state index contributed by atoms with van der Waals surface area (Å²) in [6.45, 7) is 1.18. The first-order valence-electron chi connectivity index (χ1n) is 5.58. The number of aryl methyl sites for hydroxylation is 1. The van der Waals surface area contributed by atoms with E-state index >= 15 is 0 Å². The van der Waals surface area contributed by atoms with Gasteiger partial charge in [-0.05, 0) is 30.7 Å². The standard InChI is InChI=1S/C13H16F2O3/c1-9-7-10(17-2)3-4-11(9)12(16)5-6-18-8-13(14)15/h3-4,7,13H,5-6,8H2,1-2H3. The Morgan fingerprint density at radius 2 is 2.11 bits per heavy atom. The van der Waals surface area contributed by atoms with E-state index in [4.69, 9.17) is 4.74 Å². The maximum absolute atomic E-state index is 11.8. The monoisotopic (exact) mass is 258 g/mol. The average Bonchev–Trinajstić information content (AvgIpc) is 2.33. The molecule has 0 N–H and O–H groups in total. The van der Waals surface area contributed by atoms with Gasteiger partial charge in [0.05, 0.1) is 13.7 Å². The minimum Gasteiger partial charge on any atom is -0.497 e. The van der Waals surface area contributed by atoms with Gasteiger partial charge < -0.3 is 9.47 Å². The van der Waals surface area contributed by atoms with Gasteiger partial charge in [0.15, 0.2) is 5.78 Å². The molecule has 100 valence electrons. The summed E-state index contributed by atoms with van der Waals surface area (Å²) >= 11 is 0. The van der Waals surface area contributed by atoms with Gasteiger partial charge in [0.2, 0.25) is 0 Å². The van der Waals surface area contributed by atoms with Crippen molar-refractivity contribution >= 4 is 5.78 Å². The molecule has 0 fully saturated rings. The molecule has 0 spiro atoms. The molecule has 0 aliphatic rings. The number of ketones is 1. The number of benzene rings is 1. The van der Waals surface area contributed by atoms with Crippen LogP contribution in [-0.2, 0) is 4.74 Å². The van der Waals surface area contributed by atoms with Gasteiger partial charge in [-0.3, -0.25) is 4.79 Å². The summed E-state index contributed by atoms with van der Waals surface area (Å²) in [4.78, 5) is 11.8. The van der Waals surface area contributed by atoms with E-state index in [-0.39, 0.29) is 18.8 Å².